The van der Waals surface area contributed by atoms with E-state index in [9.17, 15) is 9.18 Å². The number of hydrogen-bond donors (Lipinski definition) is 1. The minimum atomic E-state index is -0.948. The van der Waals surface area contributed by atoms with E-state index in [1.165, 1.54) is 10.6 Å². The van der Waals surface area contributed by atoms with Gasteiger partial charge < -0.3 is 9.67 Å². The van der Waals surface area contributed by atoms with Crippen LogP contribution in [0.4, 0.5) is 4.39 Å². The minimum Gasteiger partial charge on any atom is -0.480 e. The zero-order valence-electron chi connectivity index (χ0n) is 7.58. The van der Waals surface area contributed by atoms with E-state index in [0.29, 0.717) is 9.99 Å². The third kappa shape index (κ3) is 1.87. The molecule has 78 valence electrons. The second kappa shape index (κ2) is 3.66. The van der Waals surface area contributed by atoms with Gasteiger partial charge in [-0.25, -0.2) is 4.39 Å². The fraction of sp³-hybridized carbons (Fsp3) is 0.100. The molecular weight excluding hydrogens is 265 g/mol. The highest BCUT2D eigenvalue weighted by atomic mass is 79.9. The van der Waals surface area contributed by atoms with E-state index in [1.54, 1.807) is 18.3 Å². The molecule has 1 N–H and O–H groups in total. The molecule has 0 aliphatic carbocycles. The summed E-state index contributed by atoms with van der Waals surface area (Å²) in [5.74, 6) is -1.34. The summed E-state index contributed by atoms with van der Waals surface area (Å²) in [6.07, 6.45) is 1.63. The number of halogens is 2. The maximum Gasteiger partial charge on any atom is 0.323 e. The Morgan fingerprint density at radius 3 is 2.93 bits per heavy atom. The predicted octanol–water partition coefficient (Wildman–Crippen LogP) is 2.63. The first-order valence-electron chi connectivity index (χ1n) is 4.23. The molecule has 0 bridgehead atoms. The molecule has 15 heavy (non-hydrogen) atoms. The Labute approximate surface area is 93.3 Å². The molecule has 2 aromatic rings. The molecule has 1 aromatic carbocycles. The van der Waals surface area contributed by atoms with Crippen molar-refractivity contribution in [2.24, 2.45) is 0 Å². The van der Waals surface area contributed by atoms with Gasteiger partial charge in [-0.15, -0.1) is 0 Å². The summed E-state index contributed by atoms with van der Waals surface area (Å²) in [7, 11) is 0. The van der Waals surface area contributed by atoms with Crippen LogP contribution in [-0.4, -0.2) is 15.6 Å². The average molecular weight is 272 g/mol. The lowest BCUT2D eigenvalue weighted by Gasteiger charge is -2.02. The lowest BCUT2D eigenvalue weighted by atomic mass is 10.2. The smallest absolute Gasteiger partial charge is 0.323 e. The second-order valence-electron chi connectivity index (χ2n) is 3.16. The largest absolute Gasteiger partial charge is 0.480 e. The molecular formula is C10H7BrFNO2. The number of hydrogen-bond acceptors (Lipinski definition) is 1. The molecule has 0 aliphatic rings. The van der Waals surface area contributed by atoms with Crippen molar-refractivity contribution >= 4 is 32.8 Å². The number of carbonyl (C=O) groups is 1. The molecule has 3 nitrogen and oxygen atoms in total. The van der Waals surface area contributed by atoms with E-state index < -0.39 is 11.8 Å². The summed E-state index contributed by atoms with van der Waals surface area (Å²) in [6.45, 7) is -0.162. The molecule has 0 fully saturated rings. The predicted molar refractivity (Wildman–Crippen MR) is 57.2 cm³/mol. The number of carboxylic acids is 1. The Bertz CT molecular complexity index is 535. The van der Waals surface area contributed by atoms with E-state index in [-0.39, 0.29) is 6.54 Å². The molecule has 0 amide bonds. The molecule has 1 aromatic heterocycles. The molecule has 1 heterocycles. The van der Waals surface area contributed by atoms with Crippen LogP contribution in [0.1, 0.15) is 0 Å². The van der Waals surface area contributed by atoms with E-state index in [1.807, 2.05) is 0 Å². The van der Waals surface area contributed by atoms with Gasteiger partial charge in [0.2, 0.25) is 0 Å². The van der Waals surface area contributed by atoms with Gasteiger partial charge in [0.05, 0.1) is 9.99 Å². The minimum absolute atomic E-state index is 0.162. The molecule has 2 rings (SSSR count). The van der Waals surface area contributed by atoms with Gasteiger partial charge in [0.1, 0.15) is 12.4 Å². The van der Waals surface area contributed by atoms with Gasteiger partial charge in [-0.1, -0.05) is 0 Å². The summed E-state index contributed by atoms with van der Waals surface area (Å²) in [5, 5.41) is 9.45. The number of rotatable bonds is 2. The Morgan fingerprint density at radius 2 is 2.27 bits per heavy atom. The van der Waals surface area contributed by atoms with E-state index in [4.69, 9.17) is 5.11 Å². The molecule has 5 heteroatoms. The maximum absolute atomic E-state index is 13.2. The highest BCUT2D eigenvalue weighted by Crippen LogP contribution is 2.24. The van der Waals surface area contributed by atoms with Gasteiger partial charge in [0.15, 0.2) is 0 Å². The van der Waals surface area contributed by atoms with Crippen LogP contribution in [0.15, 0.2) is 28.9 Å². The molecule has 0 saturated carbocycles. The van der Waals surface area contributed by atoms with Crippen molar-refractivity contribution in [3.63, 3.8) is 0 Å². The SMILES string of the molecule is O=C(O)Cn1ccc2cc(Br)c(F)cc21. The molecule has 0 saturated heterocycles. The maximum atomic E-state index is 13.2. The number of fused-ring (bicyclic) bond motifs is 1. The van der Waals surface area contributed by atoms with Crippen molar-refractivity contribution < 1.29 is 14.3 Å². The molecule has 0 spiro atoms. The van der Waals surface area contributed by atoms with E-state index >= 15 is 0 Å². The van der Waals surface area contributed by atoms with E-state index in [0.717, 1.165) is 5.39 Å². The monoisotopic (exact) mass is 271 g/mol. The van der Waals surface area contributed by atoms with Crippen LogP contribution in [0.5, 0.6) is 0 Å². The number of carboxylic acid groups (broad SMARTS) is 1. The normalized spacial score (nSPS) is 10.8. The summed E-state index contributed by atoms with van der Waals surface area (Å²) >= 11 is 3.08. The first-order valence-corrected chi connectivity index (χ1v) is 5.03. The van der Waals surface area contributed by atoms with Gasteiger partial charge in [-0.3, -0.25) is 4.79 Å². The molecule has 0 atom stereocenters. The highest BCUT2D eigenvalue weighted by Gasteiger charge is 2.08. The first-order chi connectivity index (χ1) is 7.08. The van der Waals surface area contributed by atoms with Crippen LogP contribution in [0.3, 0.4) is 0 Å². The first kappa shape index (κ1) is 10.2. The Kier molecular flexibility index (Phi) is 2.48. The topological polar surface area (TPSA) is 42.2 Å². The molecule has 0 aliphatic heterocycles. The van der Waals surface area contributed by atoms with Crippen LogP contribution in [0.2, 0.25) is 0 Å². The fourth-order valence-corrected chi connectivity index (χ4v) is 1.83. The summed E-state index contributed by atoms with van der Waals surface area (Å²) in [5.41, 5.74) is 0.582. The molecule has 0 unspecified atom stereocenters. The van der Waals surface area contributed by atoms with Crippen LogP contribution in [-0.2, 0) is 11.3 Å². The van der Waals surface area contributed by atoms with Crippen LogP contribution in [0, 0.1) is 5.82 Å². The number of benzene rings is 1. The Morgan fingerprint density at radius 1 is 1.53 bits per heavy atom. The quantitative estimate of drug-likeness (QED) is 0.913. The number of nitrogens with zero attached hydrogens (tertiary/aromatic N) is 1. The fourth-order valence-electron chi connectivity index (χ4n) is 1.47. The van der Waals surface area contributed by atoms with Gasteiger partial charge in [0, 0.05) is 11.6 Å². The lowest BCUT2D eigenvalue weighted by Crippen LogP contribution is -2.07. The van der Waals surface area contributed by atoms with Crippen LogP contribution >= 0.6 is 15.9 Å². The lowest BCUT2D eigenvalue weighted by molar-refractivity contribution is -0.137. The molecule has 0 radical (unpaired) electrons. The average Bonchev–Trinajstić information content (AvgIpc) is 2.49. The van der Waals surface area contributed by atoms with Crippen molar-refractivity contribution in [2.45, 2.75) is 6.54 Å². The van der Waals surface area contributed by atoms with Crippen molar-refractivity contribution in [1.82, 2.24) is 4.57 Å². The summed E-state index contributed by atoms with van der Waals surface area (Å²) in [6, 6.07) is 4.70. The summed E-state index contributed by atoms with van der Waals surface area (Å²) < 4.78 is 15.1. The van der Waals surface area contributed by atoms with Gasteiger partial charge in [-0.2, -0.15) is 0 Å². The standard InChI is InChI=1S/C10H7BrFNO2/c11-7-3-6-1-2-13(5-10(14)15)9(6)4-8(7)12/h1-4H,5H2,(H,14,15). The van der Waals surface area contributed by atoms with Gasteiger partial charge >= 0.3 is 5.97 Å². The van der Waals surface area contributed by atoms with Crippen LogP contribution in [0.25, 0.3) is 10.9 Å². The summed E-state index contributed by atoms with van der Waals surface area (Å²) in [4.78, 5) is 10.5. The van der Waals surface area contributed by atoms with Gasteiger partial charge in [0.25, 0.3) is 0 Å². The number of aromatic nitrogens is 1. The van der Waals surface area contributed by atoms with Crippen LogP contribution < -0.4 is 0 Å². The van der Waals surface area contributed by atoms with Crippen molar-refractivity contribution in [2.75, 3.05) is 0 Å². The second-order valence-corrected chi connectivity index (χ2v) is 4.02. The van der Waals surface area contributed by atoms with Crippen molar-refractivity contribution in [3.05, 3.63) is 34.7 Å². The number of aliphatic carboxylic acids is 1. The van der Waals surface area contributed by atoms with E-state index in [2.05, 4.69) is 15.9 Å². The zero-order valence-corrected chi connectivity index (χ0v) is 9.16. The third-order valence-electron chi connectivity index (χ3n) is 2.12. The zero-order chi connectivity index (χ0) is 11.0. The van der Waals surface area contributed by atoms with Crippen molar-refractivity contribution in [3.8, 4) is 0 Å². The Hall–Kier alpha value is -1.36. The third-order valence-corrected chi connectivity index (χ3v) is 2.73. The van der Waals surface area contributed by atoms with Crippen molar-refractivity contribution in [1.29, 1.82) is 0 Å². The van der Waals surface area contributed by atoms with Gasteiger partial charge in [-0.05, 0) is 34.1 Å². The Balaban J connectivity index is 2.59. The highest BCUT2D eigenvalue weighted by molar-refractivity contribution is 9.10.